The molecule has 0 aliphatic heterocycles. The van der Waals surface area contributed by atoms with Crippen LogP contribution in [-0.2, 0) is 17.0 Å². The van der Waals surface area contributed by atoms with Gasteiger partial charge in [-0.2, -0.15) is 5.10 Å². The minimum absolute atomic E-state index is 0.00963. The smallest absolute Gasteiger partial charge is 0.230 e. The highest BCUT2D eigenvalue weighted by Gasteiger charge is 2.05. The Balaban J connectivity index is 1.64. The topological polar surface area (TPSA) is 70.7 Å². The molecule has 2 rings (SSSR count). The van der Waals surface area contributed by atoms with Crippen LogP contribution in [0.2, 0.25) is 10.0 Å². The summed E-state index contributed by atoms with van der Waals surface area (Å²) in [6.07, 6.45) is 2.09. The number of rotatable bonds is 7. The number of carbonyl (C=O) groups is 1. The molecule has 0 unspecified atom stereocenters. The lowest BCUT2D eigenvalue weighted by atomic mass is 10.2. The number of aromatic amines is 1. The maximum Gasteiger partial charge on any atom is 0.230 e. The molecule has 2 N–H and O–H groups in total. The summed E-state index contributed by atoms with van der Waals surface area (Å²) in [5.74, 6) is 1.81. The molecule has 0 radical (unpaired) electrons. The van der Waals surface area contributed by atoms with Crippen molar-refractivity contribution in [1.29, 1.82) is 0 Å². The molecule has 2 aromatic rings. The highest BCUT2D eigenvalue weighted by atomic mass is 35.5. The van der Waals surface area contributed by atoms with Crippen molar-refractivity contribution in [1.82, 2.24) is 20.5 Å². The van der Waals surface area contributed by atoms with Crippen LogP contribution < -0.4 is 5.32 Å². The number of hydrogen-bond acceptors (Lipinski definition) is 4. The summed E-state index contributed by atoms with van der Waals surface area (Å²) in [4.78, 5) is 15.7. The number of carbonyl (C=O) groups excluding carboxylic acids is 1. The molecule has 8 heteroatoms. The lowest BCUT2D eigenvalue weighted by molar-refractivity contribution is -0.118. The minimum atomic E-state index is -0.00963. The summed E-state index contributed by atoms with van der Waals surface area (Å²) < 4.78 is 0. The van der Waals surface area contributed by atoms with E-state index < -0.39 is 0 Å². The van der Waals surface area contributed by atoms with Gasteiger partial charge in [0.05, 0.1) is 5.75 Å². The number of nitrogens with one attached hydrogen (secondary N) is 2. The molecule has 0 bridgehead atoms. The van der Waals surface area contributed by atoms with E-state index in [2.05, 4.69) is 20.5 Å². The molecule has 21 heavy (non-hydrogen) atoms. The summed E-state index contributed by atoms with van der Waals surface area (Å²) >= 11 is 13.4. The zero-order valence-corrected chi connectivity index (χ0v) is 13.4. The number of thioether (sulfide) groups is 1. The van der Waals surface area contributed by atoms with E-state index in [4.69, 9.17) is 23.2 Å². The average Bonchev–Trinajstić information content (AvgIpc) is 2.94. The number of halogens is 2. The number of benzene rings is 1. The molecule has 112 valence electrons. The van der Waals surface area contributed by atoms with Gasteiger partial charge in [-0.1, -0.05) is 29.3 Å². The van der Waals surface area contributed by atoms with Crippen LogP contribution in [0.1, 0.15) is 11.4 Å². The van der Waals surface area contributed by atoms with Gasteiger partial charge in [-0.3, -0.25) is 9.89 Å². The molecule has 0 saturated heterocycles. The van der Waals surface area contributed by atoms with Crippen molar-refractivity contribution in [3.05, 3.63) is 46.0 Å². The summed E-state index contributed by atoms with van der Waals surface area (Å²) in [6, 6.07) is 5.37. The van der Waals surface area contributed by atoms with Crippen LogP contribution in [0.4, 0.5) is 0 Å². The zero-order valence-electron chi connectivity index (χ0n) is 11.1. The van der Waals surface area contributed by atoms with Gasteiger partial charge in [0.1, 0.15) is 12.2 Å². The second-order valence-corrected chi connectivity index (χ2v) is 6.09. The van der Waals surface area contributed by atoms with Crippen molar-refractivity contribution in [2.24, 2.45) is 0 Å². The number of hydrogen-bond donors (Lipinski definition) is 2. The Morgan fingerprint density at radius 2 is 2.24 bits per heavy atom. The van der Waals surface area contributed by atoms with Crippen LogP contribution in [0.5, 0.6) is 0 Å². The van der Waals surface area contributed by atoms with E-state index in [0.717, 1.165) is 11.4 Å². The molecule has 1 amide bonds. The summed E-state index contributed by atoms with van der Waals surface area (Å²) in [7, 11) is 0. The SMILES string of the molecule is O=C(CSCc1ccc(Cl)cc1Cl)NCCc1ncn[nH]1. The third-order valence-electron chi connectivity index (χ3n) is 2.65. The van der Waals surface area contributed by atoms with Crippen LogP contribution in [0, 0.1) is 0 Å². The number of amides is 1. The van der Waals surface area contributed by atoms with Gasteiger partial charge in [-0.15, -0.1) is 11.8 Å². The van der Waals surface area contributed by atoms with Gasteiger partial charge >= 0.3 is 0 Å². The van der Waals surface area contributed by atoms with E-state index in [9.17, 15) is 4.79 Å². The molecular weight excluding hydrogens is 331 g/mol. The molecule has 0 aliphatic rings. The molecule has 0 fully saturated rings. The maximum absolute atomic E-state index is 11.7. The Labute approximate surface area is 136 Å². The first-order chi connectivity index (χ1) is 10.1. The van der Waals surface area contributed by atoms with Gasteiger partial charge in [0, 0.05) is 28.8 Å². The first-order valence-electron chi connectivity index (χ1n) is 6.28. The molecule has 0 saturated carbocycles. The normalized spacial score (nSPS) is 10.6. The van der Waals surface area contributed by atoms with E-state index in [1.54, 1.807) is 12.1 Å². The summed E-state index contributed by atoms with van der Waals surface area (Å²) in [6.45, 7) is 0.538. The van der Waals surface area contributed by atoms with Crippen molar-refractivity contribution in [2.75, 3.05) is 12.3 Å². The first kappa shape index (κ1) is 16.1. The predicted molar refractivity (Wildman–Crippen MR) is 85.7 cm³/mol. The fraction of sp³-hybridized carbons (Fsp3) is 0.308. The van der Waals surface area contributed by atoms with Crippen molar-refractivity contribution >= 4 is 40.9 Å². The molecule has 1 aromatic heterocycles. The average molecular weight is 345 g/mol. The molecule has 5 nitrogen and oxygen atoms in total. The van der Waals surface area contributed by atoms with Crippen LogP contribution in [0.3, 0.4) is 0 Å². The second-order valence-electron chi connectivity index (χ2n) is 4.26. The highest BCUT2D eigenvalue weighted by molar-refractivity contribution is 7.99. The fourth-order valence-electron chi connectivity index (χ4n) is 1.62. The number of H-pyrrole nitrogens is 1. The van der Waals surface area contributed by atoms with Crippen molar-refractivity contribution in [3.63, 3.8) is 0 Å². The second kappa shape index (κ2) is 8.26. The molecule has 1 heterocycles. The third-order valence-corrected chi connectivity index (χ3v) is 4.22. The van der Waals surface area contributed by atoms with Crippen LogP contribution in [0.25, 0.3) is 0 Å². The molecule has 1 aromatic carbocycles. The van der Waals surface area contributed by atoms with Gasteiger partial charge in [0.25, 0.3) is 0 Å². The Morgan fingerprint density at radius 3 is 2.95 bits per heavy atom. The van der Waals surface area contributed by atoms with E-state index >= 15 is 0 Å². The monoisotopic (exact) mass is 344 g/mol. The van der Waals surface area contributed by atoms with Crippen LogP contribution in [0.15, 0.2) is 24.5 Å². The van der Waals surface area contributed by atoms with Gasteiger partial charge in [0.15, 0.2) is 0 Å². The van der Waals surface area contributed by atoms with E-state index in [1.807, 2.05) is 6.07 Å². The Bertz CT molecular complexity index is 592. The lowest BCUT2D eigenvalue weighted by Crippen LogP contribution is -2.27. The minimum Gasteiger partial charge on any atom is -0.355 e. The largest absolute Gasteiger partial charge is 0.355 e. The summed E-state index contributed by atoms with van der Waals surface area (Å²) in [5, 5.41) is 10.6. The molecule has 0 aliphatic carbocycles. The van der Waals surface area contributed by atoms with Crippen molar-refractivity contribution < 1.29 is 4.79 Å². The Kier molecular flexibility index (Phi) is 6.35. The molecular formula is C13H14Cl2N4OS. The fourth-order valence-corrected chi connectivity index (χ4v) is 3.03. The van der Waals surface area contributed by atoms with Crippen molar-refractivity contribution in [2.45, 2.75) is 12.2 Å². The molecule has 0 spiro atoms. The zero-order chi connectivity index (χ0) is 15.1. The van der Waals surface area contributed by atoms with E-state index in [0.29, 0.717) is 34.5 Å². The van der Waals surface area contributed by atoms with Gasteiger partial charge in [-0.25, -0.2) is 4.98 Å². The Hall–Kier alpha value is -1.24. The van der Waals surface area contributed by atoms with Crippen LogP contribution in [-0.4, -0.2) is 33.4 Å². The van der Waals surface area contributed by atoms with E-state index in [-0.39, 0.29) is 5.91 Å². The number of nitrogens with zero attached hydrogens (tertiary/aromatic N) is 2. The predicted octanol–water partition coefficient (Wildman–Crippen LogP) is 2.70. The lowest BCUT2D eigenvalue weighted by Gasteiger charge is -2.06. The quantitative estimate of drug-likeness (QED) is 0.809. The number of aromatic nitrogens is 3. The summed E-state index contributed by atoms with van der Waals surface area (Å²) in [5.41, 5.74) is 0.973. The maximum atomic E-state index is 11.7. The standard InChI is InChI=1S/C13H14Cl2N4OS/c14-10-2-1-9(11(15)5-10)6-21-7-13(20)16-4-3-12-17-8-18-19-12/h1-2,5,8H,3-4,6-7H2,(H,16,20)(H,17,18,19). The van der Waals surface area contributed by atoms with Gasteiger partial charge in [-0.05, 0) is 17.7 Å². The highest BCUT2D eigenvalue weighted by Crippen LogP contribution is 2.24. The van der Waals surface area contributed by atoms with Gasteiger partial charge in [0.2, 0.25) is 5.91 Å². The van der Waals surface area contributed by atoms with Crippen LogP contribution >= 0.6 is 35.0 Å². The third kappa shape index (κ3) is 5.57. The van der Waals surface area contributed by atoms with Gasteiger partial charge < -0.3 is 5.32 Å². The Morgan fingerprint density at radius 1 is 1.38 bits per heavy atom. The van der Waals surface area contributed by atoms with E-state index in [1.165, 1.54) is 18.1 Å². The molecule has 0 atom stereocenters. The van der Waals surface area contributed by atoms with Crippen molar-refractivity contribution in [3.8, 4) is 0 Å². The first-order valence-corrected chi connectivity index (χ1v) is 8.19.